The quantitative estimate of drug-likeness (QED) is 0.486. The monoisotopic (exact) mass is 424 g/mol. The molecule has 0 aliphatic carbocycles. The van der Waals surface area contributed by atoms with Gasteiger partial charge in [0.05, 0.1) is 19.4 Å². The van der Waals surface area contributed by atoms with E-state index < -0.39 is 11.7 Å². The number of rotatable bonds is 10. The van der Waals surface area contributed by atoms with Crippen LogP contribution in [0, 0.1) is 5.82 Å². The van der Waals surface area contributed by atoms with Gasteiger partial charge in [-0.15, -0.1) is 0 Å². The molecule has 0 aromatic heterocycles. The van der Waals surface area contributed by atoms with Gasteiger partial charge >= 0.3 is 0 Å². The van der Waals surface area contributed by atoms with Crippen LogP contribution >= 0.6 is 0 Å². The Morgan fingerprint density at radius 1 is 0.968 bits per heavy atom. The van der Waals surface area contributed by atoms with E-state index in [9.17, 15) is 9.18 Å². The van der Waals surface area contributed by atoms with Gasteiger partial charge in [0.25, 0.3) is 5.91 Å². The third-order valence-electron chi connectivity index (χ3n) is 4.40. The predicted molar refractivity (Wildman–Crippen MR) is 118 cm³/mol. The van der Waals surface area contributed by atoms with Crippen molar-refractivity contribution < 1.29 is 23.4 Å². The van der Waals surface area contributed by atoms with Gasteiger partial charge < -0.3 is 24.8 Å². The maximum absolute atomic E-state index is 13.7. The first kappa shape index (κ1) is 22.0. The SMILES string of the molecule is CCOc1cc(CNc2ccc(OC)cc2)ccc1OCC(=O)Nc1ccccc1F. The molecule has 7 heteroatoms. The molecule has 0 radical (unpaired) electrons. The van der Waals surface area contributed by atoms with Crippen molar-refractivity contribution in [3.8, 4) is 17.2 Å². The van der Waals surface area contributed by atoms with E-state index in [4.69, 9.17) is 14.2 Å². The molecule has 31 heavy (non-hydrogen) atoms. The number of para-hydroxylation sites is 1. The summed E-state index contributed by atoms with van der Waals surface area (Å²) in [5, 5.41) is 5.82. The average Bonchev–Trinajstić information content (AvgIpc) is 2.79. The zero-order valence-electron chi connectivity index (χ0n) is 17.5. The highest BCUT2D eigenvalue weighted by molar-refractivity contribution is 5.92. The molecular weight excluding hydrogens is 399 g/mol. The number of halogens is 1. The van der Waals surface area contributed by atoms with E-state index in [1.165, 1.54) is 12.1 Å². The number of methoxy groups -OCH3 is 1. The summed E-state index contributed by atoms with van der Waals surface area (Å²) < 4.78 is 30.1. The predicted octanol–water partition coefficient (Wildman–Crippen LogP) is 4.86. The van der Waals surface area contributed by atoms with Crippen LogP contribution in [-0.2, 0) is 11.3 Å². The number of nitrogens with one attached hydrogen (secondary N) is 2. The van der Waals surface area contributed by atoms with Crippen molar-refractivity contribution >= 4 is 17.3 Å². The molecule has 3 rings (SSSR count). The number of carbonyl (C=O) groups excluding carboxylic acids is 1. The molecule has 0 fully saturated rings. The number of anilines is 2. The van der Waals surface area contributed by atoms with E-state index in [1.54, 1.807) is 25.3 Å². The fraction of sp³-hybridized carbons (Fsp3) is 0.208. The van der Waals surface area contributed by atoms with Crippen LogP contribution in [0.25, 0.3) is 0 Å². The molecule has 0 atom stereocenters. The van der Waals surface area contributed by atoms with Crippen LogP contribution in [-0.4, -0.2) is 26.2 Å². The first-order valence-electron chi connectivity index (χ1n) is 9.90. The van der Waals surface area contributed by atoms with Gasteiger partial charge in [-0.2, -0.15) is 0 Å². The molecule has 3 aromatic carbocycles. The lowest BCUT2D eigenvalue weighted by molar-refractivity contribution is -0.118. The maximum atomic E-state index is 13.7. The molecular formula is C24H25FN2O4. The minimum absolute atomic E-state index is 0.112. The number of amides is 1. The largest absolute Gasteiger partial charge is 0.497 e. The van der Waals surface area contributed by atoms with Gasteiger partial charge in [-0.05, 0) is 61.0 Å². The molecule has 2 N–H and O–H groups in total. The van der Waals surface area contributed by atoms with Crippen LogP contribution in [0.3, 0.4) is 0 Å². The van der Waals surface area contributed by atoms with Gasteiger partial charge in [0.15, 0.2) is 18.1 Å². The molecule has 3 aromatic rings. The third-order valence-corrected chi connectivity index (χ3v) is 4.40. The molecule has 6 nitrogen and oxygen atoms in total. The average molecular weight is 424 g/mol. The zero-order chi connectivity index (χ0) is 22.1. The summed E-state index contributed by atoms with van der Waals surface area (Å²) in [5.41, 5.74) is 2.06. The van der Waals surface area contributed by atoms with Gasteiger partial charge in [0.1, 0.15) is 11.6 Å². The van der Waals surface area contributed by atoms with Gasteiger partial charge in [-0.3, -0.25) is 4.79 Å². The smallest absolute Gasteiger partial charge is 0.262 e. The van der Waals surface area contributed by atoms with Gasteiger partial charge in [-0.25, -0.2) is 4.39 Å². The second-order valence-electron chi connectivity index (χ2n) is 6.61. The Labute approximate surface area is 181 Å². The highest BCUT2D eigenvalue weighted by atomic mass is 19.1. The fourth-order valence-electron chi connectivity index (χ4n) is 2.86. The van der Waals surface area contributed by atoms with Crippen molar-refractivity contribution in [2.75, 3.05) is 31.0 Å². The normalized spacial score (nSPS) is 10.3. The molecule has 162 valence electrons. The molecule has 0 heterocycles. The minimum atomic E-state index is -0.500. The maximum Gasteiger partial charge on any atom is 0.262 e. The number of ether oxygens (including phenoxy) is 3. The number of hydrogen-bond acceptors (Lipinski definition) is 5. The zero-order valence-corrected chi connectivity index (χ0v) is 17.5. The molecule has 0 saturated heterocycles. The van der Waals surface area contributed by atoms with Crippen LogP contribution in [0.1, 0.15) is 12.5 Å². The number of carbonyl (C=O) groups is 1. The van der Waals surface area contributed by atoms with Crippen molar-refractivity contribution in [3.63, 3.8) is 0 Å². The van der Waals surface area contributed by atoms with Crippen LogP contribution in [0.15, 0.2) is 66.7 Å². The lowest BCUT2D eigenvalue weighted by Crippen LogP contribution is -2.21. The summed E-state index contributed by atoms with van der Waals surface area (Å²) in [7, 11) is 1.63. The van der Waals surface area contributed by atoms with E-state index in [1.807, 2.05) is 43.3 Å². The standard InChI is InChI=1S/C24H25FN2O4/c1-3-30-23-14-17(15-26-18-9-11-19(29-2)12-10-18)8-13-22(23)31-16-24(28)27-21-7-5-4-6-20(21)25/h4-14,26H,3,15-16H2,1-2H3,(H,27,28). The summed E-state index contributed by atoms with van der Waals surface area (Å²) in [6.45, 7) is 2.64. The Morgan fingerprint density at radius 2 is 1.74 bits per heavy atom. The topological polar surface area (TPSA) is 68.8 Å². The number of benzene rings is 3. The Bertz CT molecular complexity index is 1010. The Balaban J connectivity index is 1.60. The third kappa shape index (κ3) is 6.37. The molecule has 0 saturated carbocycles. The summed E-state index contributed by atoms with van der Waals surface area (Å²) in [5.74, 6) is 0.816. The lowest BCUT2D eigenvalue weighted by atomic mass is 10.2. The summed E-state index contributed by atoms with van der Waals surface area (Å²) in [4.78, 5) is 12.1. The summed E-state index contributed by atoms with van der Waals surface area (Å²) in [6, 6.07) is 19.1. The van der Waals surface area contributed by atoms with Crippen molar-refractivity contribution in [3.05, 3.63) is 78.1 Å². The molecule has 0 aliphatic rings. The first-order chi connectivity index (χ1) is 15.1. The lowest BCUT2D eigenvalue weighted by Gasteiger charge is -2.14. The Kier molecular flexibility index (Phi) is 7.70. The second kappa shape index (κ2) is 10.9. The van der Waals surface area contributed by atoms with E-state index in [0.29, 0.717) is 24.7 Å². The van der Waals surface area contributed by atoms with E-state index in [2.05, 4.69) is 10.6 Å². The van der Waals surface area contributed by atoms with E-state index in [-0.39, 0.29) is 12.3 Å². The van der Waals surface area contributed by atoms with Crippen molar-refractivity contribution in [2.45, 2.75) is 13.5 Å². The summed E-state index contributed by atoms with van der Waals surface area (Å²) >= 11 is 0. The molecule has 0 spiro atoms. The first-order valence-corrected chi connectivity index (χ1v) is 9.90. The van der Waals surface area contributed by atoms with E-state index in [0.717, 1.165) is 17.0 Å². The second-order valence-corrected chi connectivity index (χ2v) is 6.61. The highest BCUT2D eigenvalue weighted by Crippen LogP contribution is 2.29. The van der Waals surface area contributed by atoms with Crippen molar-refractivity contribution in [1.82, 2.24) is 0 Å². The Hall–Kier alpha value is -3.74. The number of hydrogen-bond donors (Lipinski definition) is 2. The van der Waals surface area contributed by atoms with Crippen LogP contribution in [0.4, 0.5) is 15.8 Å². The molecule has 1 amide bonds. The molecule has 0 aliphatic heterocycles. The van der Waals surface area contributed by atoms with Crippen molar-refractivity contribution in [1.29, 1.82) is 0 Å². The summed E-state index contributed by atoms with van der Waals surface area (Å²) in [6.07, 6.45) is 0. The van der Waals surface area contributed by atoms with Crippen molar-refractivity contribution in [2.24, 2.45) is 0 Å². The van der Waals surface area contributed by atoms with Gasteiger partial charge in [-0.1, -0.05) is 18.2 Å². The van der Waals surface area contributed by atoms with Crippen LogP contribution < -0.4 is 24.8 Å². The highest BCUT2D eigenvalue weighted by Gasteiger charge is 2.11. The molecule has 0 bridgehead atoms. The Morgan fingerprint density at radius 3 is 2.45 bits per heavy atom. The van der Waals surface area contributed by atoms with Gasteiger partial charge in [0.2, 0.25) is 0 Å². The minimum Gasteiger partial charge on any atom is -0.497 e. The fourth-order valence-corrected chi connectivity index (χ4v) is 2.86. The van der Waals surface area contributed by atoms with E-state index >= 15 is 0 Å². The van der Waals surface area contributed by atoms with Crippen LogP contribution in [0.5, 0.6) is 17.2 Å². The van der Waals surface area contributed by atoms with Crippen LogP contribution in [0.2, 0.25) is 0 Å². The molecule has 0 unspecified atom stereocenters. The van der Waals surface area contributed by atoms with Gasteiger partial charge in [0, 0.05) is 12.2 Å².